The van der Waals surface area contributed by atoms with Gasteiger partial charge in [-0.05, 0) is 39.3 Å². The zero-order valence-corrected chi connectivity index (χ0v) is 19.0. The molecular formula is C19H28IN5S. The van der Waals surface area contributed by atoms with Crippen LogP contribution in [0.25, 0.3) is 0 Å². The number of anilines is 1. The lowest BCUT2D eigenvalue weighted by Gasteiger charge is -2.20. The maximum atomic E-state index is 4.57. The highest BCUT2D eigenvalue weighted by Gasteiger charge is 2.23. The molecule has 1 aliphatic heterocycles. The number of thiazole rings is 1. The van der Waals surface area contributed by atoms with Gasteiger partial charge in [0.1, 0.15) is 5.01 Å². The quantitative estimate of drug-likeness (QED) is 0.395. The minimum absolute atomic E-state index is 0. The third-order valence-corrected chi connectivity index (χ3v) is 5.70. The van der Waals surface area contributed by atoms with E-state index in [0.717, 1.165) is 36.2 Å². The lowest BCUT2D eigenvalue weighted by Crippen LogP contribution is -2.44. The molecule has 1 aliphatic rings. The van der Waals surface area contributed by atoms with Crippen LogP contribution in [0.1, 0.15) is 27.6 Å². The normalized spacial score (nSPS) is 17.2. The molecule has 7 heteroatoms. The number of aromatic nitrogens is 1. The predicted octanol–water partition coefficient (Wildman–Crippen LogP) is 3.63. The van der Waals surface area contributed by atoms with Gasteiger partial charge in [0.25, 0.3) is 0 Å². The monoisotopic (exact) mass is 485 g/mol. The Kier molecular flexibility index (Phi) is 7.69. The first-order valence-corrected chi connectivity index (χ1v) is 9.58. The van der Waals surface area contributed by atoms with Crippen molar-refractivity contribution in [2.24, 2.45) is 4.99 Å². The van der Waals surface area contributed by atoms with Crippen molar-refractivity contribution in [1.82, 2.24) is 15.6 Å². The van der Waals surface area contributed by atoms with Gasteiger partial charge < -0.3 is 15.5 Å². The summed E-state index contributed by atoms with van der Waals surface area (Å²) in [7, 11) is 1.82. The number of hydrogen-bond donors (Lipinski definition) is 2. The summed E-state index contributed by atoms with van der Waals surface area (Å²) in [6.07, 6.45) is 1.12. The Morgan fingerprint density at radius 1 is 1.27 bits per heavy atom. The molecule has 1 fully saturated rings. The van der Waals surface area contributed by atoms with Crippen LogP contribution in [0.15, 0.2) is 29.3 Å². The summed E-state index contributed by atoms with van der Waals surface area (Å²) in [5.74, 6) is 0.848. The largest absolute Gasteiger partial charge is 0.369 e. The van der Waals surface area contributed by atoms with Gasteiger partial charge in [0.05, 0.1) is 12.2 Å². The van der Waals surface area contributed by atoms with Crippen LogP contribution in [0.3, 0.4) is 0 Å². The van der Waals surface area contributed by atoms with Gasteiger partial charge in [-0.25, -0.2) is 4.98 Å². The van der Waals surface area contributed by atoms with Gasteiger partial charge in [0.2, 0.25) is 0 Å². The first kappa shape index (κ1) is 21.0. The van der Waals surface area contributed by atoms with Gasteiger partial charge in [-0.15, -0.1) is 35.3 Å². The number of nitrogens with one attached hydrogen (secondary N) is 2. The highest BCUT2D eigenvalue weighted by atomic mass is 127. The van der Waals surface area contributed by atoms with Gasteiger partial charge in [-0.2, -0.15) is 0 Å². The van der Waals surface area contributed by atoms with Crippen molar-refractivity contribution in [2.75, 3.05) is 25.0 Å². The highest BCUT2D eigenvalue weighted by Crippen LogP contribution is 2.21. The Hall–Kier alpha value is -1.35. The summed E-state index contributed by atoms with van der Waals surface area (Å²) in [6.45, 7) is 9.08. The summed E-state index contributed by atoms with van der Waals surface area (Å²) in [6, 6.07) is 9.17. The summed E-state index contributed by atoms with van der Waals surface area (Å²) >= 11 is 1.74. The summed E-state index contributed by atoms with van der Waals surface area (Å²) in [5, 5.41) is 8.03. The van der Waals surface area contributed by atoms with Gasteiger partial charge >= 0.3 is 0 Å². The fourth-order valence-electron chi connectivity index (χ4n) is 3.03. The van der Waals surface area contributed by atoms with Crippen LogP contribution in [-0.2, 0) is 6.54 Å². The molecule has 0 spiro atoms. The molecule has 0 radical (unpaired) electrons. The molecule has 0 aliphatic carbocycles. The molecule has 26 heavy (non-hydrogen) atoms. The highest BCUT2D eigenvalue weighted by molar-refractivity contribution is 14.0. The van der Waals surface area contributed by atoms with Gasteiger partial charge in [-0.1, -0.05) is 17.7 Å². The fourth-order valence-corrected chi connectivity index (χ4v) is 3.90. The molecule has 1 saturated heterocycles. The molecule has 1 atom stereocenters. The second-order valence-electron chi connectivity index (χ2n) is 6.59. The second kappa shape index (κ2) is 9.55. The Bertz CT molecular complexity index is 721. The van der Waals surface area contributed by atoms with Crippen LogP contribution in [0.5, 0.6) is 0 Å². The van der Waals surface area contributed by atoms with Crippen molar-refractivity contribution in [1.29, 1.82) is 0 Å². The van der Waals surface area contributed by atoms with Gasteiger partial charge in [-0.3, -0.25) is 4.99 Å². The summed E-state index contributed by atoms with van der Waals surface area (Å²) < 4.78 is 0. The van der Waals surface area contributed by atoms with Gasteiger partial charge in [0.15, 0.2) is 5.96 Å². The first-order chi connectivity index (χ1) is 12.0. The molecule has 0 bridgehead atoms. The van der Waals surface area contributed by atoms with E-state index in [1.54, 1.807) is 11.3 Å². The third kappa shape index (κ3) is 5.33. The number of aryl methyl sites for hydroxylation is 3. The zero-order chi connectivity index (χ0) is 17.8. The number of aliphatic imine (C=N–C) groups is 1. The van der Waals surface area contributed by atoms with E-state index < -0.39 is 0 Å². The standard InChI is InChI=1S/C19H27N5S.HI/c1-13-5-7-17(8-6-13)24-10-9-16(12-24)23-19(20-4)21-11-18-22-14(2)15(3)25-18;/h5-8,16H,9-12H2,1-4H3,(H2,20,21,23);1H. The van der Waals surface area contributed by atoms with Crippen LogP contribution in [0.2, 0.25) is 0 Å². The van der Waals surface area contributed by atoms with E-state index in [1.807, 2.05) is 7.05 Å². The maximum absolute atomic E-state index is 4.57. The van der Waals surface area contributed by atoms with E-state index >= 15 is 0 Å². The number of benzene rings is 1. The average Bonchev–Trinajstić information content (AvgIpc) is 3.19. The molecule has 2 heterocycles. The molecule has 1 aromatic carbocycles. The molecule has 0 amide bonds. The summed E-state index contributed by atoms with van der Waals surface area (Å²) in [5.41, 5.74) is 3.72. The molecule has 5 nitrogen and oxygen atoms in total. The van der Waals surface area contributed by atoms with Crippen molar-refractivity contribution < 1.29 is 0 Å². The number of nitrogens with zero attached hydrogens (tertiary/aromatic N) is 3. The lowest BCUT2D eigenvalue weighted by molar-refractivity contribution is 0.648. The molecule has 1 aromatic heterocycles. The fraction of sp³-hybridized carbons (Fsp3) is 0.474. The average molecular weight is 485 g/mol. The minimum Gasteiger partial charge on any atom is -0.369 e. The third-order valence-electron chi connectivity index (χ3n) is 4.63. The Balaban J connectivity index is 0.00000243. The van der Waals surface area contributed by atoms with Crippen molar-refractivity contribution in [2.45, 2.75) is 39.8 Å². The van der Waals surface area contributed by atoms with E-state index in [9.17, 15) is 0 Å². The van der Waals surface area contributed by atoms with Crippen molar-refractivity contribution >= 4 is 47.0 Å². The van der Waals surface area contributed by atoms with Gasteiger partial charge in [0, 0.05) is 36.7 Å². The van der Waals surface area contributed by atoms with E-state index in [0.29, 0.717) is 12.6 Å². The first-order valence-electron chi connectivity index (χ1n) is 8.77. The molecule has 2 N–H and O–H groups in total. The zero-order valence-electron chi connectivity index (χ0n) is 15.9. The van der Waals surface area contributed by atoms with E-state index in [4.69, 9.17) is 0 Å². The van der Waals surface area contributed by atoms with Crippen LogP contribution in [-0.4, -0.2) is 37.1 Å². The SMILES string of the molecule is CN=C(NCc1nc(C)c(C)s1)NC1CCN(c2ccc(C)cc2)C1.I. The predicted molar refractivity (Wildman–Crippen MR) is 122 cm³/mol. The number of guanidine groups is 1. The molecule has 1 unspecified atom stereocenters. The van der Waals surface area contributed by atoms with Crippen LogP contribution in [0, 0.1) is 20.8 Å². The molecule has 142 valence electrons. The Labute approximate surface area is 177 Å². The van der Waals surface area contributed by atoms with Crippen molar-refractivity contribution in [3.8, 4) is 0 Å². The van der Waals surface area contributed by atoms with E-state index in [-0.39, 0.29) is 24.0 Å². The number of hydrogen-bond acceptors (Lipinski definition) is 4. The van der Waals surface area contributed by atoms with Crippen molar-refractivity contribution in [3.05, 3.63) is 45.4 Å². The Morgan fingerprint density at radius 3 is 2.62 bits per heavy atom. The molecule has 3 rings (SSSR count). The number of rotatable bonds is 4. The van der Waals surface area contributed by atoms with Crippen LogP contribution >= 0.6 is 35.3 Å². The van der Waals surface area contributed by atoms with E-state index in [2.05, 4.69) is 70.5 Å². The smallest absolute Gasteiger partial charge is 0.191 e. The molecule has 0 saturated carbocycles. The topological polar surface area (TPSA) is 52.6 Å². The van der Waals surface area contributed by atoms with Crippen LogP contribution in [0.4, 0.5) is 5.69 Å². The molecule has 2 aromatic rings. The van der Waals surface area contributed by atoms with Crippen molar-refractivity contribution in [3.63, 3.8) is 0 Å². The maximum Gasteiger partial charge on any atom is 0.191 e. The number of halogens is 1. The second-order valence-corrected chi connectivity index (χ2v) is 7.87. The minimum atomic E-state index is 0. The van der Waals surface area contributed by atoms with E-state index in [1.165, 1.54) is 16.1 Å². The Morgan fingerprint density at radius 2 is 2.00 bits per heavy atom. The summed E-state index contributed by atoms with van der Waals surface area (Å²) in [4.78, 5) is 12.6. The lowest BCUT2D eigenvalue weighted by atomic mass is 10.2. The molecular weight excluding hydrogens is 457 g/mol. The van der Waals surface area contributed by atoms with Crippen LogP contribution < -0.4 is 15.5 Å².